The minimum Gasteiger partial charge on any atom is -0.496 e. The van der Waals surface area contributed by atoms with Gasteiger partial charge in [-0.1, -0.05) is 0 Å². The van der Waals surface area contributed by atoms with Crippen LogP contribution in [0.15, 0.2) is 24.3 Å². The Bertz CT molecular complexity index is 823. The zero-order chi connectivity index (χ0) is 19.4. The average molecular weight is 372 g/mol. The fourth-order valence-corrected chi connectivity index (χ4v) is 2.64. The van der Waals surface area contributed by atoms with Crippen LogP contribution >= 0.6 is 0 Å². The Kier molecular flexibility index (Phi) is 5.75. The number of carbonyl (C=O) groups excluding carboxylic acids is 1. The van der Waals surface area contributed by atoms with E-state index in [0.29, 0.717) is 29.0 Å². The van der Waals surface area contributed by atoms with Crippen molar-refractivity contribution >= 4 is 23.4 Å². The third-order valence-corrected chi connectivity index (χ3v) is 4.27. The first kappa shape index (κ1) is 18.9. The molecule has 0 radical (unpaired) electrons. The highest BCUT2D eigenvalue weighted by atomic mass is 16.5. The van der Waals surface area contributed by atoms with Crippen molar-refractivity contribution in [3.8, 4) is 5.75 Å². The molecule has 0 bridgehead atoms. The summed E-state index contributed by atoms with van der Waals surface area (Å²) in [6.45, 7) is 1.85. The van der Waals surface area contributed by atoms with Crippen molar-refractivity contribution in [2.45, 2.75) is 31.7 Å². The summed E-state index contributed by atoms with van der Waals surface area (Å²) in [6.07, 6.45) is 2.24. The minimum absolute atomic E-state index is 0.00797. The molecular formula is C19H24N4O4. The fourth-order valence-electron chi connectivity index (χ4n) is 2.64. The summed E-state index contributed by atoms with van der Waals surface area (Å²) in [5.74, 6) is 1.51. The second kappa shape index (κ2) is 8.22. The van der Waals surface area contributed by atoms with Gasteiger partial charge < -0.3 is 25.2 Å². The Balaban J connectivity index is 1.86. The van der Waals surface area contributed by atoms with Gasteiger partial charge in [0.25, 0.3) is 0 Å². The maximum absolute atomic E-state index is 11.8. The van der Waals surface area contributed by atoms with E-state index >= 15 is 0 Å². The molecule has 27 heavy (non-hydrogen) atoms. The standard InChI is InChI=1S/C19H24N4O4/c1-11(10-24)20-19-22-15(12-4-5-12)9-17(23-19)21-13-6-7-14(18(25)27-3)16(8-13)26-2/h6-9,11-12,24H,4-5,10H2,1-3H3,(H2,20,21,22,23)/t11-/m1/s1. The summed E-state index contributed by atoms with van der Waals surface area (Å²) >= 11 is 0. The Morgan fingerprint density at radius 2 is 2.07 bits per heavy atom. The van der Waals surface area contributed by atoms with E-state index in [1.54, 1.807) is 18.2 Å². The van der Waals surface area contributed by atoms with Crippen LogP contribution in [0.25, 0.3) is 0 Å². The normalized spacial score (nSPS) is 14.4. The second-order valence-electron chi connectivity index (χ2n) is 6.54. The number of nitrogens with one attached hydrogen (secondary N) is 2. The third-order valence-electron chi connectivity index (χ3n) is 4.27. The SMILES string of the molecule is COC(=O)c1ccc(Nc2cc(C3CC3)nc(N[C@H](C)CO)n2)cc1OC. The van der Waals surface area contributed by atoms with Gasteiger partial charge in [0.2, 0.25) is 5.95 Å². The molecule has 1 fully saturated rings. The molecule has 1 aromatic carbocycles. The van der Waals surface area contributed by atoms with Crippen molar-refractivity contribution in [3.05, 3.63) is 35.5 Å². The van der Waals surface area contributed by atoms with Gasteiger partial charge in [-0.05, 0) is 31.9 Å². The molecule has 0 saturated heterocycles. The molecule has 1 atom stereocenters. The van der Waals surface area contributed by atoms with Gasteiger partial charge in [-0.15, -0.1) is 0 Å². The maximum Gasteiger partial charge on any atom is 0.341 e. The van der Waals surface area contributed by atoms with E-state index in [4.69, 9.17) is 9.47 Å². The number of hydrogen-bond donors (Lipinski definition) is 3. The Morgan fingerprint density at radius 1 is 1.30 bits per heavy atom. The lowest BCUT2D eigenvalue weighted by Crippen LogP contribution is -2.21. The molecule has 3 N–H and O–H groups in total. The Morgan fingerprint density at radius 3 is 2.70 bits per heavy atom. The molecule has 1 aromatic heterocycles. The van der Waals surface area contributed by atoms with E-state index in [1.807, 2.05) is 13.0 Å². The summed E-state index contributed by atoms with van der Waals surface area (Å²) in [4.78, 5) is 20.8. The van der Waals surface area contributed by atoms with Gasteiger partial charge in [-0.25, -0.2) is 9.78 Å². The minimum atomic E-state index is -0.457. The van der Waals surface area contributed by atoms with Crippen LogP contribution in [0.5, 0.6) is 5.75 Å². The van der Waals surface area contributed by atoms with Crippen LogP contribution in [0.3, 0.4) is 0 Å². The van der Waals surface area contributed by atoms with Crippen LogP contribution in [0.1, 0.15) is 41.7 Å². The van der Waals surface area contributed by atoms with Crippen molar-refractivity contribution in [2.75, 3.05) is 31.5 Å². The molecule has 1 aliphatic rings. The Hall–Kier alpha value is -2.87. The van der Waals surface area contributed by atoms with Crippen LogP contribution in [0, 0.1) is 0 Å². The maximum atomic E-state index is 11.8. The summed E-state index contributed by atoms with van der Waals surface area (Å²) < 4.78 is 10.1. The predicted octanol–water partition coefficient (Wildman–Crippen LogP) is 2.69. The number of esters is 1. The van der Waals surface area contributed by atoms with Gasteiger partial charge >= 0.3 is 5.97 Å². The van der Waals surface area contributed by atoms with E-state index < -0.39 is 5.97 Å². The number of aliphatic hydroxyl groups is 1. The van der Waals surface area contributed by atoms with E-state index in [2.05, 4.69) is 20.6 Å². The molecular weight excluding hydrogens is 348 g/mol. The van der Waals surface area contributed by atoms with Crippen molar-refractivity contribution < 1.29 is 19.4 Å². The summed E-state index contributed by atoms with van der Waals surface area (Å²) in [5, 5.41) is 15.6. The molecule has 1 aliphatic carbocycles. The smallest absolute Gasteiger partial charge is 0.341 e. The molecule has 8 nitrogen and oxygen atoms in total. The highest BCUT2D eigenvalue weighted by Gasteiger charge is 2.26. The molecule has 8 heteroatoms. The number of ether oxygens (including phenoxy) is 2. The predicted molar refractivity (Wildman–Crippen MR) is 102 cm³/mol. The van der Waals surface area contributed by atoms with Crippen LogP contribution in [0.4, 0.5) is 17.5 Å². The van der Waals surface area contributed by atoms with Gasteiger partial charge in [0, 0.05) is 29.8 Å². The van der Waals surface area contributed by atoms with E-state index in [-0.39, 0.29) is 12.6 Å². The van der Waals surface area contributed by atoms with Crippen molar-refractivity contribution in [2.24, 2.45) is 0 Å². The van der Waals surface area contributed by atoms with Gasteiger partial charge in [-0.3, -0.25) is 0 Å². The fraction of sp³-hybridized carbons (Fsp3) is 0.421. The number of methoxy groups -OCH3 is 2. The number of benzene rings is 1. The molecule has 0 unspecified atom stereocenters. The van der Waals surface area contributed by atoms with Crippen molar-refractivity contribution in [1.82, 2.24) is 9.97 Å². The molecule has 1 saturated carbocycles. The van der Waals surface area contributed by atoms with E-state index in [0.717, 1.165) is 24.2 Å². The first-order valence-electron chi connectivity index (χ1n) is 8.83. The van der Waals surface area contributed by atoms with Crippen LogP contribution < -0.4 is 15.4 Å². The summed E-state index contributed by atoms with van der Waals surface area (Å²) in [6, 6.07) is 6.90. The number of rotatable bonds is 8. The average Bonchev–Trinajstić information content (AvgIpc) is 3.52. The van der Waals surface area contributed by atoms with Crippen molar-refractivity contribution in [1.29, 1.82) is 0 Å². The summed E-state index contributed by atoms with van der Waals surface area (Å²) in [7, 11) is 2.83. The molecule has 1 heterocycles. The number of aromatic nitrogens is 2. The van der Waals surface area contributed by atoms with Gasteiger partial charge in [-0.2, -0.15) is 4.98 Å². The van der Waals surface area contributed by atoms with Crippen LogP contribution in [0.2, 0.25) is 0 Å². The van der Waals surface area contributed by atoms with Gasteiger partial charge in [0.15, 0.2) is 0 Å². The molecule has 0 aliphatic heterocycles. The Labute approximate surface area is 157 Å². The zero-order valence-electron chi connectivity index (χ0n) is 15.7. The molecule has 0 amide bonds. The lowest BCUT2D eigenvalue weighted by Gasteiger charge is -2.15. The highest BCUT2D eigenvalue weighted by Crippen LogP contribution is 2.40. The number of anilines is 3. The quantitative estimate of drug-likeness (QED) is 0.608. The number of nitrogens with zero attached hydrogens (tertiary/aromatic N) is 2. The molecule has 2 aromatic rings. The van der Waals surface area contributed by atoms with E-state index in [1.165, 1.54) is 14.2 Å². The lowest BCUT2D eigenvalue weighted by atomic mass is 10.1. The molecule has 144 valence electrons. The zero-order valence-corrected chi connectivity index (χ0v) is 15.7. The van der Waals surface area contributed by atoms with Crippen LogP contribution in [-0.2, 0) is 4.74 Å². The van der Waals surface area contributed by atoms with Gasteiger partial charge in [0.05, 0.1) is 26.5 Å². The number of aliphatic hydroxyl groups excluding tert-OH is 1. The monoisotopic (exact) mass is 372 g/mol. The summed E-state index contributed by atoms with van der Waals surface area (Å²) in [5.41, 5.74) is 2.05. The highest BCUT2D eigenvalue weighted by molar-refractivity contribution is 5.93. The second-order valence-corrected chi connectivity index (χ2v) is 6.54. The number of hydrogen-bond acceptors (Lipinski definition) is 8. The number of carbonyl (C=O) groups is 1. The first-order chi connectivity index (χ1) is 13.0. The lowest BCUT2D eigenvalue weighted by molar-refractivity contribution is 0.0597. The third kappa shape index (κ3) is 4.65. The molecule has 3 rings (SSSR count). The first-order valence-corrected chi connectivity index (χ1v) is 8.83. The topological polar surface area (TPSA) is 106 Å². The van der Waals surface area contributed by atoms with Crippen molar-refractivity contribution in [3.63, 3.8) is 0 Å². The van der Waals surface area contributed by atoms with E-state index in [9.17, 15) is 9.90 Å². The largest absolute Gasteiger partial charge is 0.496 e. The molecule has 0 spiro atoms. The van der Waals surface area contributed by atoms with Crippen LogP contribution in [-0.4, -0.2) is 47.9 Å². The van der Waals surface area contributed by atoms with Gasteiger partial charge in [0.1, 0.15) is 17.1 Å².